The summed E-state index contributed by atoms with van der Waals surface area (Å²) in [5, 5.41) is 0. The highest BCUT2D eigenvalue weighted by Gasteiger charge is 2.16. The molecule has 1 aromatic rings. The molecule has 4 heteroatoms. The molecule has 0 fully saturated rings. The maximum absolute atomic E-state index is 10.0. The van der Waals surface area contributed by atoms with E-state index in [4.69, 9.17) is 0 Å². The maximum atomic E-state index is 10.0. The Morgan fingerprint density at radius 1 is 1.12 bits per heavy atom. The van der Waals surface area contributed by atoms with Crippen molar-refractivity contribution < 1.29 is 9.11 Å². The van der Waals surface area contributed by atoms with Gasteiger partial charge in [-0.1, -0.05) is 38.5 Å². The van der Waals surface area contributed by atoms with Crippen LogP contribution in [0.3, 0.4) is 0 Å². The Balaban J connectivity index is 2.59. The first-order valence-electron chi connectivity index (χ1n) is 5.80. The van der Waals surface area contributed by atoms with E-state index in [2.05, 4.69) is 25.5 Å². The lowest BCUT2D eigenvalue weighted by Gasteiger charge is -2.34. The predicted octanol–water partition coefficient (Wildman–Crippen LogP) is 4.05. The zero-order valence-corrected chi connectivity index (χ0v) is 11.8. The first-order chi connectivity index (χ1) is 7.71. The van der Waals surface area contributed by atoms with Crippen molar-refractivity contribution in [1.82, 2.24) is 4.72 Å². The van der Waals surface area contributed by atoms with Gasteiger partial charge >= 0.3 is 0 Å². The molecule has 0 unspecified atom stereocenters. The fraction of sp³-hybridized carbons (Fsp3) is 0.538. The van der Waals surface area contributed by atoms with Gasteiger partial charge in [0, 0.05) is 6.54 Å². The molecule has 3 nitrogen and oxygen atoms in total. The Bertz CT molecular complexity index is 355. The van der Waals surface area contributed by atoms with Crippen LogP contribution in [0.5, 0.6) is 0 Å². The van der Waals surface area contributed by atoms with E-state index < -0.39 is 10.8 Å². The fourth-order valence-electron chi connectivity index (χ4n) is 1.38. The van der Waals surface area contributed by atoms with Crippen molar-refractivity contribution in [3.05, 3.63) is 29.8 Å². The quantitative estimate of drug-likeness (QED) is 0.763. The normalized spacial score (nSPS) is 13.8. The second kappa shape index (κ2) is 5.40. The molecule has 0 saturated heterocycles. The van der Waals surface area contributed by atoms with Crippen LogP contribution in [-0.4, -0.2) is 15.7 Å². The van der Waals surface area contributed by atoms with Gasteiger partial charge in [-0.05, 0) is 30.9 Å². The number of rotatable bonds is 4. The molecule has 17 heavy (non-hydrogen) atoms. The zero-order valence-electron chi connectivity index (χ0n) is 11.0. The lowest BCUT2D eigenvalue weighted by molar-refractivity contribution is 0.372. The first kappa shape index (κ1) is 14.5. The second-order valence-corrected chi connectivity index (χ2v) is 7.42. The summed E-state index contributed by atoms with van der Waals surface area (Å²) in [6.07, 6.45) is 0.898. The number of hydrogen-bond acceptors (Lipinski definition) is 3. The van der Waals surface area contributed by atoms with E-state index in [0.29, 0.717) is 11.4 Å². The van der Waals surface area contributed by atoms with Crippen LogP contribution in [0.2, 0.25) is 0 Å². The van der Waals surface area contributed by atoms with Gasteiger partial charge in [-0.3, -0.25) is 9.11 Å². The molecule has 0 aromatic heterocycles. The van der Waals surface area contributed by atoms with Crippen LogP contribution in [0, 0.1) is 12.3 Å². The third kappa shape index (κ3) is 5.08. The van der Waals surface area contributed by atoms with Crippen molar-refractivity contribution in [2.75, 3.05) is 6.54 Å². The summed E-state index contributed by atoms with van der Waals surface area (Å²) in [7, 11) is -2.85. The molecule has 1 aromatic carbocycles. The molecule has 98 valence electrons. The molecule has 0 saturated carbocycles. The van der Waals surface area contributed by atoms with Crippen molar-refractivity contribution in [2.45, 2.75) is 39.0 Å². The van der Waals surface area contributed by atoms with Gasteiger partial charge in [-0.25, -0.2) is 4.72 Å². The molecule has 0 heterocycles. The Labute approximate surface area is 106 Å². The van der Waals surface area contributed by atoms with Crippen LogP contribution in [-0.2, 0) is 0 Å². The summed E-state index contributed by atoms with van der Waals surface area (Å²) in [5.41, 5.74) is 1.30. The van der Waals surface area contributed by atoms with Crippen LogP contribution in [0.15, 0.2) is 29.2 Å². The summed E-state index contributed by atoms with van der Waals surface area (Å²) >= 11 is 0. The molecule has 0 radical (unpaired) electrons. The standard InChI is InChI=1S/C13H23NO2S/c1-11-5-7-12(8-6-11)17(15,16)14-10-9-13(2,3)4/h5-8,14-16H,9-10H2,1-4H3. The van der Waals surface area contributed by atoms with Gasteiger partial charge in [-0.15, -0.1) is 10.8 Å². The second-order valence-electron chi connectivity index (χ2n) is 5.57. The average Bonchev–Trinajstić information content (AvgIpc) is 2.15. The summed E-state index contributed by atoms with van der Waals surface area (Å²) < 4.78 is 22.8. The summed E-state index contributed by atoms with van der Waals surface area (Å²) in [6, 6.07) is 7.29. The molecule has 0 spiro atoms. The van der Waals surface area contributed by atoms with Gasteiger partial charge in [0.05, 0.1) is 4.90 Å². The van der Waals surface area contributed by atoms with E-state index in [1.165, 1.54) is 0 Å². The Kier molecular flexibility index (Phi) is 4.61. The third-order valence-corrected chi connectivity index (χ3v) is 4.06. The van der Waals surface area contributed by atoms with Gasteiger partial charge in [0.25, 0.3) is 0 Å². The van der Waals surface area contributed by atoms with Crippen molar-refractivity contribution in [3.63, 3.8) is 0 Å². The largest absolute Gasteiger partial charge is 0.282 e. The molecule has 0 aliphatic carbocycles. The lowest BCUT2D eigenvalue weighted by atomic mass is 9.93. The number of nitrogens with one attached hydrogen (secondary N) is 1. The highest BCUT2D eigenvalue weighted by molar-refractivity contribution is 8.22. The predicted molar refractivity (Wildman–Crippen MR) is 74.4 cm³/mol. The Hall–Kier alpha value is -0.550. The van der Waals surface area contributed by atoms with E-state index in [1.54, 1.807) is 12.1 Å². The average molecular weight is 257 g/mol. The summed E-state index contributed by atoms with van der Waals surface area (Å²) in [5.74, 6) is 0. The Morgan fingerprint density at radius 3 is 2.12 bits per heavy atom. The van der Waals surface area contributed by atoms with E-state index in [1.807, 2.05) is 19.1 Å². The summed E-state index contributed by atoms with van der Waals surface area (Å²) in [4.78, 5) is 0.553. The first-order valence-corrected chi connectivity index (χ1v) is 7.35. The maximum Gasteiger partial charge on any atom is 0.0750 e. The lowest BCUT2D eigenvalue weighted by Crippen LogP contribution is -2.24. The van der Waals surface area contributed by atoms with Crippen molar-refractivity contribution in [3.8, 4) is 0 Å². The molecule has 0 atom stereocenters. The van der Waals surface area contributed by atoms with Crippen LogP contribution in [0.1, 0.15) is 32.8 Å². The van der Waals surface area contributed by atoms with Crippen LogP contribution < -0.4 is 4.72 Å². The van der Waals surface area contributed by atoms with Crippen LogP contribution in [0.25, 0.3) is 0 Å². The molecular weight excluding hydrogens is 234 g/mol. The minimum atomic E-state index is -2.85. The number of benzene rings is 1. The van der Waals surface area contributed by atoms with Gasteiger partial charge in [0.2, 0.25) is 0 Å². The minimum absolute atomic E-state index is 0.190. The van der Waals surface area contributed by atoms with Gasteiger partial charge < -0.3 is 0 Å². The van der Waals surface area contributed by atoms with Crippen LogP contribution >= 0.6 is 10.8 Å². The third-order valence-electron chi connectivity index (χ3n) is 2.53. The smallest absolute Gasteiger partial charge is 0.0750 e. The SMILES string of the molecule is Cc1ccc(S(O)(O)NCCC(C)(C)C)cc1. The highest BCUT2D eigenvalue weighted by Crippen LogP contribution is 2.43. The topological polar surface area (TPSA) is 52.5 Å². The zero-order chi connectivity index (χ0) is 13.1. The molecule has 0 amide bonds. The van der Waals surface area contributed by atoms with E-state index in [9.17, 15) is 9.11 Å². The van der Waals surface area contributed by atoms with Gasteiger partial charge in [-0.2, -0.15) is 0 Å². The van der Waals surface area contributed by atoms with Gasteiger partial charge in [0.15, 0.2) is 0 Å². The number of hydrogen-bond donors (Lipinski definition) is 3. The summed E-state index contributed by atoms with van der Waals surface area (Å²) in [6.45, 7) is 8.97. The van der Waals surface area contributed by atoms with Crippen molar-refractivity contribution >= 4 is 10.8 Å². The van der Waals surface area contributed by atoms with E-state index in [-0.39, 0.29) is 5.41 Å². The highest BCUT2D eigenvalue weighted by atomic mass is 32.3. The van der Waals surface area contributed by atoms with E-state index >= 15 is 0 Å². The molecule has 0 aliphatic rings. The monoisotopic (exact) mass is 257 g/mol. The molecular formula is C13H23NO2S. The molecule has 3 N–H and O–H groups in total. The van der Waals surface area contributed by atoms with Gasteiger partial charge in [0.1, 0.15) is 0 Å². The van der Waals surface area contributed by atoms with Crippen molar-refractivity contribution in [2.24, 2.45) is 5.41 Å². The molecule has 0 aliphatic heterocycles. The minimum Gasteiger partial charge on any atom is -0.282 e. The van der Waals surface area contributed by atoms with E-state index in [0.717, 1.165) is 12.0 Å². The number of aryl methyl sites for hydroxylation is 1. The van der Waals surface area contributed by atoms with Crippen molar-refractivity contribution in [1.29, 1.82) is 0 Å². The fourth-order valence-corrected chi connectivity index (χ4v) is 2.45. The van der Waals surface area contributed by atoms with Crippen LogP contribution in [0.4, 0.5) is 0 Å². The molecule has 0 bridgehead atoms. The molecule has 1 rings (SSSR count). The Morgan fingerprint density at radius 2 is 1.65 bits per heavy atom.